The Hall–Kier alpha value is -2.78. The maximum Gasteiger partial charge on any atom is 0.341 e. The minimum absolute atomic E-state index is 0.204. The van der Waals surface area contributed by atoms with Gasteiger partial charge in [-0.05, 0) is 30.3 Å². The number of rotatable bonds is 9. The van der Waals surface area contributed by atoms with Crippen LogP contribution in [-0.4, -0.2) is 51.0 Å². The first kappa shape index (κ1) is 22.5. The molecule has 0 unspecified atom stereocenters. The van der Waals surface area contributed by atoms with Gasteiger partial charge in [-0.15, -0.1) is 0 Å². The molecule has 0 amide bonds. The van der Waals surface area contributed by atoms with Crippen molar-refractivity contribution in [2.24, 2.45) is 0 Å². The molecule has 0 saturated carbocycles. The van der Waals surface area contributed by atoms with E-state index >= 15 is 0 Å². The molecule has 0 saturated heterocycles. The third kappa shape index (κ3) is 5.61. The van der Waals surface area contributed by atoms with Gasteiger partial charge in [0.25, 0.3) is 0 Å². The molecule has 0 aliphatic carbocycles. The quantitative estimate of drug-likeness (QED) is 0.455. The number of ether oxygens (including phenoxy) is 2. The van der Waals surface area contributed by atoms with Gasteiger partial charge in [-0.3, -0.25) is 0 Å². The van der Waals surface area contributed by atoms with E-state index in [1.54, 1.807) is 44.2 Å². The van der Waals surface area contributed by atoms with Crippen LogP contribution in [0.3, 0.4) is 0 Å². The molecule has 0 N–H and O–H groups in total. The standard InChI is InChI=1S/C20H22FNO6S/c1-3-22(4-2)29(25,26)16-10-11-18(21)17(14-16)20(24)28-13-12-27-19(23)15-8-6-5-7-9-15/h5-11,14H,3-4,12-13H2,1-2H3. The van der Waals surface area contributed by atoms with Gasteiger partial charge in [0.15, 0.2) is 0 Å². The fourth-order valence-corrected chi connectivity index (χ4v) is 4.02. The highest BCUT2D eigenvalue weighted by Gasteiger charge is 2.24. The van der Waals surface area contributed by atoms with Crippen molar-refractivity contribution in [2.45, 2.75) is 18.7 Å². The van der Waals surface area contributed by atoms with Crippen LogP contribution in [0.5, 0.6) is 0 Å². The zero-order chi connectivity index (χ0) is 21.4. The minimum Gasteiger partial charge on any atom is -0.458 e. The molecule has 29 heavy (non-hydrogen) atoms. The lowest BCUT2D eigenvalue weighted by molar-refractivity contribution is 0.0262. The second kappa shape index (κ2) is 10.1. The molecule has 9 heteroatoms. The normalized spacial score (nSPS) is 11.3. The van der Waals surface area contributed by atoms with Gasteiger partial charge in [-0.25, -0.2) is 22.4 Å². The molecular formula is C20H22FNO6S. The number of benzene rings is 2. The fourth-order valence-electron chi connectivity index (χ4n) is 2.54. The van der Waals surface area contributed by atoms with E-state index in [9.17, 15) is 22.4 Å². The van der Waals surface area contributed by atoms with E-state index in [1.807, 2.05) is 0 Å². The summed E-state index contributed by atoms with van der Waals surface area (Å²) in [6.45, 7) is 3.31. The third-order valence-electron chi connectivity index (χ3n) is 4.06. The van der Waals surface area contributed by atoms with Gasteiger partial charge in [-0.1, -0.05) is 32.0 Å². The summed E-state index contributed by atoms with van der Waals surface area (Å²) in [6, 6.07) is 11.2. The monoisotopic (exact) mass is 423 g/mol. The molecule has 7 nitrogen and oxygen atoms in total. The Kier molecular flexibility index (Phi) is 7.86. The van der Waals surface area contributed by atoms with E-state index in [4.69, 9.17) is 9.47 Å². The van der Waals surface area contributed by atoms with Crippen molar-refractivity contribution in [3.63, 3.8) is 0 Å². The van der Waals surface area contributed by atoms with Crippen molar-refractivity contribution in [3.8, 4) is 0 Å². The van der Waals surface area contributed by atoms with Gasteiger partial charge in [0.05, 0.1) is 16.0 Å². The molecule has 0 fully saturated rings. The largest absolute Gasteiger partial charge is 0.458 e. The Bertz CT molecular complexity index is 958. The Morgan fingerprint density at radius 2 is 1.52 bits per heavy atom. The molecule has 2 aromatic rings. The first-order valence-corrected chi connectivity index (χ1v) is 10.4. The number of sulfonamides is 1. The number of hydrogen-bond donors (Lipinski definition) is 0. The maximum atomic E-state index is 14.0. The van der Waals surface area contributed by atoms with Crippen molar-refractivity contribution in [1.82, 2.24) is 4.31 Å². The second-order valence-electron chi connectivity index (χ2n) is 5.87. The van der Waals surface area contributed by atoms with E-state index in [0.717, 1.165) is 18.2 Å². The molecule has 2 rings (SSSR count). The molecule has 0 bridgehead atoms. The predicted octanol–water partition coefficient (Wildman–Crippen LogP) is 2.87. The third-order valence-corrected chi connectivity index (χ3v) is 6.11. The average Bonchev–Trinajstić information content (AvgIpc) is 2.72. The summed E-state index contributed by atoms with van der Waals surface area (Å²) >= 11 is 0. The first-order chi connectivity index (χ1) is 13.8. The molecule has 156 valence electrons. The lowest BCUT2D eigenvalue weighted by Gasteiger charge is -2.18. The summed E-state index contributed by atoms with van der Waals surface area (Å²) < 4.78 is 50.2. The molecular weight excluding hydrogens is 401 g/mol. The summed E-state index contributed by atoms with van der Waals surface area (Å²) in [5.74, 6) is -2.54. The van der Waals surface area contributed by atoms with Crippen molar-refractivity contribution < 1.29 is 31.9 Å². The molecule has 0 aromatic heterocycles. The SMILES string of the molecule is CCN(CC)S(=O)(=O)c1ccc(F)c(C(=O)OCCOC(=O)c2ccccc2)c1. The van der Waals surface area contributed by atoms with Gasteiger partial charge in [0, 0.05) is 13.1 Å². The number of hydrogen-bond acceptors (Lipinski definition) is 6. The van der Waals surface area contributed by atoms with E-state index < -0.39 is 33.3 Å². The number of esters is 2. The molecule has 0 radical (unpaired) electrons. The van der Waals surface area contributed by atoms with Gasteiger partial charge in [0.1, 0.15) is 19.0 Å². The highest BCUT2D eigenvalue weighted by molar-refractivity contribution is 7.89. The zero-order valence-electron chi connectivity index (χ0n) is 16.1. The van der Waals surface area contributed by atoms with E-state index in [0.29, 0.717) is 5.56 Å². The van der Waals surface area contributed by atoms with Crippen LogP contribution < -0.4 is 0 Å². The topological polar surface area (TPSA) is 90.0 Å². The number of carbonyl (C=O) groups excluding carboxylic acids is 2. The second-order valence-corrected chi connectivity index (χ2v) is 7.81. The van der Waals surface area contributed by atoms with Crippen LogP contribution in [0.1, 0.15) is 34.6 Å². The predicted molar refractivity (Wildman–Crippen MR) is 104 cm³/mol. The van der Waals surface area contributed by atoms with Gasteiger partial charge in [-0.2, -0.15) is 4.31 Å². The van der Waals surface area contributed by atoms with E-state index in [2.05, 4.69) is 0 Å². The highest BCUT2D eigenvalue weighted by atomic mass is 32.2. The highest BCUT2D eigenvalue weighted by Crippen LogP contribution is 2.20. The molecule has 0 aliphatic rings. The van der Waals surface area contributed by atoms with Crippen molar-refractivity contribution in [2.75, 3.05) is 26.3 Å². The minimum atomic E-state index is -3.85. The smallest absolute Gasteiger partial charge is 0.341 e. The number of halogens is 1. The number of nitrogens with zero attached hydrogens (tertiary/aromatic N) is 1. The van der Waals surface area contributed by atoms with E-state index in [1.165, 1.54) is 4.31 Å². The Morgan fingerprint density at radius 3 is 2.10 bits per heavy atom. The van der Waals surface area contributed by atoms with Crippen LogP contribution in [0.2, 0.25) is 0 Å². The Morgan fingerprint density at radius 1 is 0.931 bits per heavy atom. The lowest BCUT2D eigenvalue weighted by atomic mass is 10.2. The summed E-state index contributed by atoms with van der Waals surface area (Å²) in [5.41, 5.74) is -0.160. The zero-order valence-corrected chi connectivity index (χ0v) is 16.9. The average molecular weight is 423 g/mol. The Balaban J connectivity index is 2.01. The molecule has 2 aromatic carbocycles. The van der Waals surface area contributed by atoms with Crippen molar-refractivity contribution in [1.29, 1.82) is 0 Å². The van der Waals surface area contributed by atoms with Gasteiger partial charge < -0.3 is 9.47 Å². The van der Waals surface area contributed by atoms with Crippen LogP contribution in [0.4, 0.5) is 4.39 Å². The van der Waals surface area contributed by atoms with E-state index in [-0.39, 0.29) is 31.2 Å². The molecule has 0 spiro atoms. The summed E-state index contributed by atoms with van der Waals surface area (Å²) in [6.07, 6.45) is 0. The number of carbonyl (C=O) groups is 2. The molecule has 0 atom stereocenters. The first-order valence-electron chi connectivity index (χ1n) is 9.00. The van der Waals surface area contributed by atoms with Crippen LogP contribution in [0.15, 0.2) is 53.4 Å². The summed E-state index contributed by atoms with van der Waals surface area (Å²) in [4.78, 5) is 23.7. The maximum absolute atomic E-state index is 14.0. The fraction of sp³-hybridized carbons (Fsp3) is 0.300. The van der Waals surface area contributed by atoms with Crippen molar-refractivity contribution in [3.05, 3.63) is 65.5 Å². The van der Waals surface area contributed by atoms with Gasteiger partial charge in [0.2, 0.25) is 10.0 Å². The molecule has 0 heterocycles. The molecule has 0 aliphatic heterocycles. The van der Waals surface area contributed by atoms with Gasteiger partial charge >= 0.3 is 11.9 Å². The summed E-state index contributed by atoms with van der Waals surface area (Å²) in [7, 11) is -3.85. The van der Waals surface area contributed by atoms with Crippen molar-refractivity contribution >= 4 is 22.0 Å². The van der Waals surface area contributed by atoms with Crippen LogP contribution in [0.25, 0.3) is 0 Å². The van der Waals surface area contributed by atoms with Crippen LogP contribution in [0, 0.1) is 5.82 Å². The lowest BCUT2D eigenvalue weighted by Crippen LogP contribution is -2.30. The summed E-state index contributed by atoms with van der Waals surface area (Å²) in [5, 5.41) is 0. The van der Waals surface area contributed by atoms with Crippen LogP contribution in [-0.2, 0) is 19.5 Å². The van der Waals surface area contributed by atoms with Crippen LogP contribution >= 0.6 is 0 Å². The Labute approximate surface area is 169 Å².